The molecular weight excluding hydrogens is 312 g/mol. The van der Waals surface area contributed by atoms with Crippen LogP contribution in [0.3, 0.4) is 0 Å². The average molecular weight is 332 g/mol. The van der Waals surface area contributed by atoms with E-state index in [1.807, 2.05) is 12.1 Å². The Morgan fingerprint density at radius 3 is 2.44 bits per heavy atom. The summed E-state index contributed by atoms with van der Waals surface area (Å²) in [5.74, 6) is 1.10. The van der Waals surface area contributed by atoms with E-state index in [0.717, 1.165) is 23.2 Å². The van der Waals surface area contributed by atoms with Gasteiger partial charge < -0.3 is 15.7 Å². The molecule has 4 rings (SSSR count). The molecule has 2 atom stereocenters. The maximum atomic E-state index is 9.62. The highest BCUT2D eigenvalue weighted by Gasteiger charge is 2.41. The highest BCUT2D eigenvalue weighted by Crippen LogP contribution is 2.45. The van der Waals surface area contributed by atoms with Gasteiger partial charge in [0.05, 0.1) is 18.1 Å². The van der Waals surface area contributed by atoms with Crippen LogP contribution in [0.15, 0.2) is 60.9 Å². The number of benzene rings is 2. The fourth-order valence-electron chi connectivity index (χ4n) is 3.28. The normalized spacial score (nSPS) is 18.8. The van der Waals surface area contributed by atoms with Gasteiger partial charge in [0.15, 0.2) is 0 Å². The van der Waals surface area contributed by atoms with E-state index < -0.39 is 0 Å². The lowest BCUT2D eigenvalue weighted by molar-refractivity contribution is 0.475. The molecule has 0 spiro atoms. The summed E-state index contributed by atoms with van der Waals surface area (Å²) in [6, 6.07) is 16.4. The summed E-state index contributed by atoms with van der Waals surface area (Å²) in [7, 11) is 2.07. The summed E-state index contributed by atoms with van der Waals surface area (Å²) in [4.78, 5) is 10.3. The molecule has 3 aromatic rings. The van der Waals surface area contributed by atoms with Crippen LogP contribution in [0.4, 0.5) is 11.6 Å². The first kappa shape index (κ1) is 15.4. The minimum absolute atomic E-state index is 0.288. The molecular formula is C20H20N4O. The first-order valence-electron chi connectivity index (χ1n) is 8.31. The van der Waals surface area contributed by atoms with E-state index in [9.17, 15) is 5.11 Å². The summed E-state index contributed by atoms with van der Waals surface area (Å²) in [6.07, 6.45) is 4.65. The van der Waals surface area contributed by atoms with Crippen molar-refractivity contribution in [1.82, 2.24) is 9.97 Å². The fraction of sp³-hybridized carbons (Fsp3) is 0.200. The predicted molar refractivity (Wildman–Crippen MR) is 99.5 cm³/mol. The van der Waals surface area contributed by atoms with E-state index in [0.29, 0.717) is 17.9 Å². The predicted octanol–water partition coefficient (Wildman–Crippen LogP) is 3.42. The zero-order chi connectivity index (χ0) is 17.4. The summed E-state index contributed by atoms with van der Waals surface area (Å²) in [6.45, 7) is 0. The lowest BCUT2D eigenvalue weighted by atomic mass is 10.0. The van der Waals surface area contributed by atoms with Crippen molar-refractivity contribution in [3.8, 4) is 16.9 Å². The smallest absolute Gasteiger partial charge is 0.220 e. The second-order valence-electron chi connectivity index (χ2n) is 6.49. The van der Waals surface area contributed by atoms with Gasteiger partial charge in [-0.3, -0.25) is 0 Å². The molecule has 0 amide bonds. The van der Waals surface area contributed by atoms with Crippen LogP contribution in [0.2, 0.25) is 0 Å². The molecule has 1 saturated carbocycles. The first-order chi connectivity index (χ1) is 12.1. The van der Waals surface area contributed by atoms with Crippen LogP contribution in [0.5, 0.6) is 5.75 Å². The molecule has 25 heavy (non-hydrogen) atoms. The number of hydrogen-bond acceptors (Lipinski definition) is 5. The molecule has 5 heteroatoms. The van der Waals surface area contributed by atoms with E-state index in [-0.39, 0.29) is 5.75 Å². The topological polar surface area (TPSA) is 75.3 Å². The van der Waals surface area contributed by atoms with Crippen LogP contribution < -0.4 is 10.6 Å². The number of aromatic hydroxyl groups is 1. The molecule has 0 radical (unpaired) electrons. The van der Waals surface area contributed by atoms with Crippen LogP contribution in [-0.2, 0) is 0 Å². The molecule has 0 bridgehead atoms. The number of nitrogens with two attached hydrogens (primary N) is 1. The number of rotatable bonds is 4. The van der Waals surface area contributed by atoms with Gasteiger partial charge in [0.2, 0.25) is 5.95 Å². The monoisotopic (exact) mass is 332 g/mol. The lowest BCUT2D eigenvalue weighted by Crippen LogP contribution is -2.21. The molecule has 0 unspecified atom stereocenters. The van der Waals surface area contributed by atoms with Gasteiger partial charge in [-0.25, -0.2) is 9.97 Å². The number of phenols is 1. The molecule has 1 heterocycles. The van der Waals surface area contributed by atoms with Gasteiger partial charge in [-0.15, -0.1) is 0 Å². The summed E-state index contributed by atoms with van der Waals surface area (Å²) >= 11 is 0. The molecule has 5 nitrogen and oxygen atoms in total. The quantitative estimate of drug-likeness (QED) is 0.765. The van der Waals surface area contributed by atoms with E-state index in [1.54, 1.807) is 24.5 Å². The Labute approximate surface area is 146 Å². The largest absolute Gasteiger partial charge is 0.508 e. The number of aromatic nitrogens is 2. The van der Waals surface area contributed by atoms with Crippen molar-refractivity contribution in [3.05, 3.63) is 66.5 Å². The number of nitrogen functional groups attached to an aromatic ring is 1. The minimum atomic E-state index is 0.288. The van der Waals surface area contributed by atoms with Crippen LogP contribution in [0.25, 0.3) is 11.1 Å². The number of anilines is 2. The summed E-state index contributed by atoms with van der Waals surface area (Å²) < 4.78 is 0. The van der Waals surface area contributed by atoms with E-state index >= 15 is 0 Å². The van der Waals surface area contributed by atoms with Gasteiger partial charge in [0.25, 0.3) is 0 Å². The van der Waals surface area contributed by atoms with Gasteiger partial charge in [-0.05, 0) is 35.2 Å². The first-order valence-corrected chi connectivity index (χ1v) is 8.31. The van der Waals surface area contributed by atoms with Gasteiger partial charge in [0.1, 0.15) is 5.75 Å². The highest BCUT2D eigenvalue weighted by atomic mass is 16.3. The van der Waals surface area contributed by atoms with Crippen LogP contribution >= 0.6 is 0 Å². The number of likely N-dealkylation sites (N-methyl/N-ethyl adjacent to an activating group) is 1. The standard InChI is InChI=1S/C20H20N4O/c1-24(16-11-22-20(21)23-12-16)19-10-18(19)14-7-5-13(6-8-14)15-3-2-4-17(25)9-15/h2-9,11-12,18-19,25H,10H2,1H3,(H2,21,22,23)/t18-,19+/m0/s1. The Kier molecular flexibility index (Phi) is 3.76. The van der Waals surface area contributed by atoms with Crippen molar-refractivity contribution in [2.75, 3.05) is 17.7 Å². The van der Waals surface area contributed by atoms with Gasteiger partial charge in [-0.1, -0.05) is 36.4 Å². The van der Waals surface area contributed by atoms with Crippen molar-refractivity contribution >= 4 is 11.6 Å². The second-order valence-corrected chi connectivity index (χ2v) is 6.49. The summed E-state index contributed by atoms with van der Waals surface area (Å²) in [5.41, 5.74) is 10.00. The Hall–Kier alpha value is -3.08. The Bertz CT molecular complexity index is 877. The van der Waals surface area contributed by atoms with Crippen molar-refractivity contribution in [2.45, 2.75) is 18.4 Å². The highest BCUT2D eigenvalue weighted by molar-refractivity contribution is 5.65. The van der Waals surface area contributed by atoms with Gasteiger partial charge in [0, 0.05) is 19.0 Å². The van der Waals surface area contributed by atoms with E-state index in [1.165, 1.54) is 5.56 Å². The van der Waals surface area contributed by atoms with Gasteiger partial charge in [-0.2, -0.15) is 0 Å². The number of phenolic OH excluding ortho intramolecular Hbond substituents is 1. The molecule has 126 valence electrons. The van der Waals surface area contributed by atoms with Crippen LogP contribution in [0, 0.1) is 0 Å². The van der Waals surface area contributed by atoms with Crippen LogP contribution in [-0.4, -0.2) is 28.2 Å². The zero-order valence-electron chi connectivity index (χ0n) is 14.0. The second kappa shape index (κ2) is 6.09. The Morgan fingerprint density at radius 2 is 1.76 bits per heavy atom. The lowest BCUT2D eigenvalue weighted by Gasteiger charge is -2.18. The molecule has 1 aliphatic rings. The third-order valence-electron chi connectivity index (χ3n) is 4.84. The average Bonchev–Trinajstić information content (AvgIpc) is 3.43. The SMILES string of the molecule is CN(c1cnc(N)nc1)[C@@H]1C[C@H]1c1ccc(-c2cccc(O)c2)cc1. The number of hydrogen-bond donors (Lipinski definition) is 2. The number of nitrogens with zero attached hydrogens (tertiary/aromatic N) is 3. The van der Waals surface area contributed by atoms with Crippen molar-refractivity contribution in [2.24, 2.45) is 0 Å². The molecule has 2 aromatic carbocycles. The molecule has 3 N–H and O–H groups in total. The molecule has 1 aromatic heterocycles. The summed E-state index contributed by atoms with van der Waals surface area (Å²) in [5, 5.41) is 9.62. The minimum Gasteiger partial charge on any atom is -0.508 e. The maximum absolute atomic E-state index is 9.62. The van der Waals surface area contributed by atoms with E-state index in [4.69, 9.17) is 5.73 Å². The van der Waals surface area contributed by atoms with Crippen LogP contribution in [0.1, 0.15) is 17.9 Å². The van der Waals surface area contributed by atoms with Crippen molar-refractivity contribution in [1.29, 1.82) is 0 Å². The maximum Gasteiger partial charge on any atom is 0.220 e. The van der Waals surface area contributed by atoms with E-state index in [2.05, 4.69) is 46.2 Å². The fourth-order valence-corrected chi connectivity index (χ4v) is 3.28. The zero-order valence-corrected chi connectivity index (χ0v) is 14.0. The molecule has 0 aliphatic heterocycles. The Balaban J connectivity index is 1.48. The molecule has 1 fully saturated rings. The molecule has 0 saturated heterocycles. The Morgan fingerprint density at radius 1 is 1.04 bits per heavy atom. The van der Waals surface area contributed by atoms with Crippen molar-refractivity contribution < 1.29 is 5.11 Å². The molecule has 1 aliphatic carbocycles. The third-order valence-corrected chi connectivity index (χ3v) is 4.84. The third kappa shape index (κ3) is 3.13. The van der Waals surface area contributed by atoms with Gasteiger partial charge >= 0.3 is 0 Å². The van der Waals surface area contributed by atoms with Crippen molar-refractivity contribution in [3.63, 3.8) is 0 Å².